The summed E-state index contributed by atoms with van der Waals surface area (Å²) in [6.07, 6.45) is 1.20. The Morgan fingerprint density at radius 2 is 1.60 bits per heavy atom. The monoisotopic (exact) mass is 298 g/mol. The molecule has 0 aromatic heterocycles. The molecule has 4 nitrogen and oxygen atoms in total. The highest BCUT2D eigenvalue weighted by molar-refractivity contribution is 7.90. The molecule has 20 heavy (non-hydrogen) atoms. The van der Waals surface area contributed by atoms with Crippen molar-refractivity contribution >= 4 is 21.2 Å². The topological polar surface area (TPSA) is 63.4 Å². The van der Waals surface area contributed by atoms with Gasteiger partial charge in [-0.05, 0) is 30.0 Å². The summed E-state index contributed by atoms with van der Waals surface area (Å²) in [7, 11) is -3.21. The van der Waals surface area contributed by atoms with Crippen LogP contribution in [0, 0.1) is 11.8 Å². The summed E-state index contributed by atoms with van der Waals surface area (Å²) in [6, 6.07) is 5.00. The van der Waals surface area contributed by atoms with Crippen LogP contribution in [0.1, 0.15) is 27.7 Å². The quantitative estimate of drug-likeness (QED) is 0.820. The largest absolute Gasteiger partial charge is 0.397 e. The lowest BCUT2D eigenvalue weighted by Crippen LogP contribution is -2.31. The fourth-order valence-electron chi connectivity index (χ4n) is 2.20. The zero-order valence-electron chi connectivity index (χ0n) is 13.1. The lowest BCUT2D eigenvalue weighted by Gasteiger charge is -2.29. The molecule has 1 rings (SSSR count). The van der Waals surface area contributed by atoms with Gasteiger partial charge in [-0.15, -0.1) is 0 Å². The molecular weight excluding hydrogens is 272 g/mol. The van der Waals surface area contributed by atoms with Crippen LogP contribution >= 0.6 is 0 Å². The lowest BCUT2D eigenvalue weighted by atomic mass is 10.1. The lowest BCUT2D eigenvalue weighted by molar-refractivity contribution is 0.553. The molecule has 0 amide bonds. The zero-order chi connectivity index (χ0) is 15.5. The van der Waals surface area contributed by atoms with Crippen molar-refractivity contribution in [3.05, 3.63) is 18.2 Å². The van der Waals surface area contributed by atoms with Gasteiger partial charge in [0.05, 0.1) is 16.3 Å². The van der Waals surface area contributed by atoms with Crippen molar-refractivity contribution in [1.82, 2.24) is 0 Å². The zero-order valence-corrected chi connectivity index (χ0v) is 13.9. The second-order valence-electron chi connectivity index (χ2n) is 6.19. The minimum absolute atomic E-state index is 0.271. The third-order valence-corrected chi connectivity index (χ3v) is 4.05. The summed E-state index contributed by atoms with van der Waals surface area (Å²) in [6.45, 7) is 10.5. The standard InChI is InChI=1S/C15H26N2O2S/c1-11(2)9-17(10-12(3)4)15-7-6-13(8-14(15)16)20(5,18)19/h6-8,11-12H,9-10,16H2,1-5H3. The van der Waals surface area contributed by atoms with Gasteiger partial charge < -0.3 is 10.6 Å². The summed E-state index contributed by atoms with van der Waals surface area (Å²) < 4.78 is 23.1. The van der Waals surface area contributed by atoms with Crippen LogP contribution in [0.2, 0.25) is 0 Å². The van der Waals surface area contributed by atoms with Crippen LogP contribution in [0.25, 0.3) is 0 Å². The molecular formula is C15H26N2O2S. The number of benzene rings is 1. The fourth-order valence-corrected chi connectivity index (χ4v) is 2.86. The van der Waals surface area contributed by atoms with Crippen LogP contribution in [0.3, 0.4) is 0 Å². The highest BCUT2D eigenvalue weighted by Crippen LogP contribution is 2.27. The first-order valence-electron chi connectivity index (χ1n) is 6.95. The highest BCUT2D eigenvalue weighted by atomic mass is 32.2. The molecule has 0 saturated carbocycles. The van der Waals surface area contributed by atoms with Gasteiger partial charge in [-0.1, -0.05) is 27.7 Å². The minimum Gasteiger partial charge on any atom is -0.397 e. The maximum atomic E-state index is 11.6. The van der Waals surface area contributed by atoms with E-state index in [1.165, 1.54) is 6.26 Å². The van der Waals surface area contributed by atoms with E-state index in [-0.39, 0.29) is 4.90 Å². The Morgan fingerprint density at radius 1 is 1.10 bits per heavy atom. The molecule has 0 unspecified atom stereocenters. The number of nitrogens with two attached hydrogens (primary N) is 1. The van der Waals surface area contributed by atoms with Crippen molar-refractivity contribution < 1.29 is 8.42 Å². The smallest absolute Gasteiger partial charge is 0.175 e. The van der Waals surface area contributed by atoms with E-state index < -0.39 is 9.84 Å². The van der Waals surface area contributed by atoms with Crippen LogP contribution in [0.4, 0.5) is 11.4 Å². The second-order valence-corrected chi connectivity index (χ2v) is 8.20. The summed E-state index contributed by atoms with van der Waals surface area (Å²) in [5.41, 5.74) is 7.50. The predicted molar refractivity (Wildman–Crippen MR) is 85.9 cm³/mol. The van der Waals surface area contributed by atoms with Gasteiger partial charge in [0.25, 0.3) is 0 Å². The Labute approximate surface area is 122 Å². The molecule has 114 valence electrons. The molecule has 0 atom stereocenters. The van der Waals surface area contributed by atoms with Crippen LogP contribution in [0.5, 0.6) is 0 Å². The van der Waals surface area contributed by atoms with E-state index in [9.17, 15) is 8.42 Å². The SMILES string of the molecule is CC(C)CN(CC(C)C)c1ccc(S(C)(=O)=O)cc1N. The maximum absolute atomic E-state index is 11.6. The Kier molecular flexibility index (Phi) is 5.45. The number of sulfone groups is 1. The molecule has 0 spiro atoms. The van der Waals surface area contributed by atoms with Gasteiger partial charge in [-0.25, -0.2) is 8.42 Å². The van der Waals surface area contributed by atoms with E-state index in [1.807, 2.05) is 6.07 Å². The van der Waals surface area contributed by atoms with Crippen molar-refractivity contribution in [2.45, 2.75) is 32.6 Å². The third kappa shape index (κ3) is 4.71. The van der Waals surface area contributed by atoms with E-state index in [4.69, 9.17) is 5.73 Å². The Balaban J connectivity index is 3.14. The molecule has 0 radical (unpaired) electrons. The van der Waals surface area contributed by atoms with E-state index in [0.717, 1.165) is 18.8 Å². The third-order valence-electron chi connectivity index (χ3n) is 2.94. The first kappa shape index (κ1) is 16.8. The molecule has 0 heterocycles. The number of hydrogen-bond acceptors (Lipinski definition) is 4. The van der Waals surface area contributed by atoms with Crippen molar-refractivity contribution in [2.24, 2.45) is 11.8 Å². The van der Waals surface area contributed by atoms with Crippen molar-refractivity contribution in [3.8, 4) is 0 Å². The molecule has 0 bridgehead atoms. The van der Waals surface area contributed by atoms with Crippen molar-refractivity contribution in [1.29, 1.82) is 0 Å². The molecule has 1 aromatic rings. The van der Waals surface area contributed by atoms with Gasteiger partial charge in [0.2, 0.25) is 0 Å². The van der Waals surface area contributed by atoms with Gasteiger partial charge in [-0.3, -0.25) is 0 Å². The molecule has 0 aliphatic heterocycles. The number of nitrogens with zero attached hydrogens (tertiary/aromatic N) is 1. The second kappa shape index (κ2) is 6.48. The first-order chi connectivity index (χ1) is 9.11. The maximum Gasteiger partial charge on any atom is 0.175 e. The fraction of sp³-hybridized carbons (Fsp3) is 0.600. The molecule has 1 aromatic carbocycles. The summed E-state index contributed by atoms with van der Waals surface area (Å²) in [5, 5.41) is 0. The van der Waals surface area contributed by atoms with Gasteiger partial charge in [0.1, 0.15) is 0 Å². The van der Waals surface area contributed by atoms with Crippen LogP contribution in [-0.2, 0) is 9.84 Å². The van der Waals surface area contributed by atoms with E-state index >= 15 is 0 Å². The van der Waals surface area contributed by atoms with Gasteiger partial charge >= 0.3 is 0 Å². The highest BCUT2D eigenvalue weighted by Gasteiger charge is 2.15. The molecule has 0 fully saturated rings. The Morgan fingerprint density at radius 3 is 1.95 bits per heavy atom. The number of anilines is 2. The van der Waals surface area contributed by atoms with Crippen LogP contribution < -0.4 is 10.6 Å². The van der Waals surface area contributed by atoms with E-state index in [2.05, 4.69) is 32.6 Å². The first-order valence-corrected chi connectivity index (χ1v) is 8.85. The number of rotatable bonds is 6. The number of nitrogen functional groups attached to an aromatic ring is 1. The van der Waals surface area contributed by atoms with Crippen LogP contribution in [0.15, 0.2) is 23.1 Å². The van der Waals surface area contributed by atoms with Crippen molar-refractivity contribution in [2.75, 3.05) is 30.0 Å². The molecule has 0 aliphatic carbocycles. The normalized spacial score (nSPS) is 12.2. The summed E-state index contributed by atoms with van der Waals surface area (Å²) in [5.74, 6) is 1.03. The average Bonchev–Trinajstić information content (AvgIpc) is 2.25. The Bertz CT molecular complexity index is 541. The minimum atomic E-state index is -3.21. The van der Waals surface area contributed by atoms with Crippen molar-refractivity contribution in [3.63, 3.8) is 0 Å². The molecule has 0 saturated heterocycles. The van der Waals surface area contributed by atoms with E-state index in [0.29, 0.717) is 17.5 Å². The summed E-state index contributed by atoms with van der Waals surface area (Å²) in [4.78, 5) is 2.50. The predicted octanol–water partition coefficient (Wildman–Crippen LogP) is 2.79. The molecule has 5 heteroatoms. The van der Waals surface area contributed by atoms with Gasteiger partial charge in [-0.2, -0.15) is 0 Å². The number of hydrogen-bond donors (Lipinski definition) is 1. The summed E-state index contributed by atoms with van der Waals surface area (Å²) >= 11 is 0. The van der Waals surface area contributed by atoms with Gasteiger partial charge in [0.15, 0.2) is 9.84 Å². The van der Waals surface area contributed by atoms with Gasteiger partial charge in [0, 0.05) is 19.3 Å². The van der Waals surface area contributed by atoms with E-state index in [1.54, 1.807) is 12.1 Å². The Hall–Kier alpha value is -1.23. The molecule has 2 N–H and O–H groups in total. The molecule has 0 aliphatic rings. The average molecular weight is 298 g/mol. The van der Waals surface area contributed by atoms with Crippen LogP contribution in [-0.4, -0.2) is 27.8 Å².